The van der Waals surface area contributed by atoms with Gasteiger partial charge in [-0.15, -0.1) is 0 Å². The highest BCUT2D eigenvalue weighted by atomic mass is 35.5. The van der Waals surface area contributed by atoms with Crippen LogP contribution in [0.25, 0.3) is 0 Å². The number of nitrogens with one attached hydrogen (secondary N) is 1. The van der Waals surface area contributed by atoms with Crippen LogP contribution in [0.1, 0.15) is 39.7 Å². The highest BCUT2D eigenvalue weighted by molar-refractivity contribution is 6.30. The van der Waals surface area contributed by atoms with Crippen molar-refractivity contribution in [2.75, 3.05) is 6.54 Å². The number of amides is 1. The third-order valence-corrected chi connectivity index (χ3v) is 3.14. The van der Waals surface area contributed by atoms with Gasteiger partial charge in [-0.3, -0.25) is 0 Å². The van der Waals surface area contributed by atoms with E-state index in [1.54, 1.807) is 45.0 Å². The van der Waals surface area contributed by atoms with E-state index in [0.29, 0.717) is 17.0 Å². The summed E-state index contributed by atoms with van der Waals surface area (Å²) in [5.74, 6) is 0. The summed E-state index contributed by atoms with van der Waals surface area (Å²) in [7, 11) is 0. The van der Waals surface area contributed by atoms with E-state index in [1.807, 2.05) is 6.92 Å². The predicted octanol–water partition coefficient (Wildman–Crippen LogP) is 3.46. The van der Waals surface area contributed by atoms with E-state index in [-0.39, 0.29) is 6.54 Å². The zero-order valence-electron chi connectivity index (χ0n) is 12.4. The molecule has 5 heteroatoms. The summed E-state index contributed by atoms with van der Waals surface area (Å²) < 4.78 is 5.15. The average molecular weight is 300 g/mol. The number of carbonyl (C=O) groups excluding carboxylic acids is 1. The lowest BCUT2D eigenvalue weighted by molar-refractivity contribution is 0.0188. The molecule has 0 fully saturated rings. The Kier molecular flexibility index (Phi) is 5.42. The largest absolute Gasteiger partial charge is 0.444 e. The van der Waals surface area contributed by atoms with Gasteiger partial charge in [0.1, 0.15) is 11.2 Å². The molecule has 0 bridgehead atoms. The van der Waals surface area contributed by atoms with Crippen molar-refractivity contribution in [2.24, 2.45) is 0 Å². The van der Waals surface area contributed by atoms with Gasteiger partial charge in [-0.25, -0.2) is 4.79 Å². The summed E-state index contributed by atoms with van der Waals surface area (Å²) >= 11 is 5.83. The molecule has 0 aromatic heterocycles. The summed E-state index contributed by atoms with van der Waals surface area (Å²) in [5.41, 5.74) is -0.989. The Morgan fingerprint density at radius 2 is 1.85 bits per heavy atom. The zero-order valence-corrected chi connectivity index (χ0v) is 13.1. The number of rotatable bonds is 4. The molecule has 20 heavy (non-hydrogen) atoms. The van der Waals surface area contributed by atoms with Crippen LogP contribution in [0, 0.1) is 0 Å². The van der Waals surface area contributed by atoms with Gasteiger partial charge in [0.15, 0.2) is 0 Å². The molecule has 0 saturated heterocycles. The number of hydrogen-bond donors (Lipinski definition) is 2. The Morgan fingerprint density at radius 1 is 1.30 bits per heavy atom. The van der Waals surface area contributed by atoms with Gasteiger partial charge in [-0.1, -0.05) is 30.7 Å². The van der Waals surface area contributed by atoms with Crippen LogP contribution in [0.5, 0.6) is 0 Å². The van der Waals surface area contributed by atoms with Crippen molar-refractivity contribution in [2.45, 2.75) is 45.3 Å². The van der Waals surface area contributed by atoms with Crippen molar-refractivity contribution >= 4 is 17.7 Å². The molecular formula is C15H22ClNO3. The Morgan fingerprint density at radius 3 is 2.30 bits per heavy atom. The van der Waals surface area contributed by atoms with Gasteiger partial charge < -0.3 is 15.2 Å². The first-order valence-corrected chi connectivity index (χ1v) is 6.99. The van der Waals surface area contributed by atoms with Crippen LogP contribution in [0.2, 0.25) is 5.02 Å². The Bertz CT molecular complexity index is 453. The first-order chi connectivity index (χ1) is 9.16. The van der Waals surface area contributed by atoms with Gasteiger partial charge in [0, 0.05) is 5.02 Å². The number of halogens is 1. The van der Waals surface area contributed by atoms with Gasteiger partial charge >= 0.3 is 6.09 Å². The molecule has 1 atom stereocenters. The molecule has 1 rings (SSSR count). The van der Waals surface area contributed by atoms with Crippen molar-refractivity contribution < 1.29 is 14.6 Å². The second-order valence-corrected chi connectivity index (χ2v) is 6.18. The third kappa shape index (κ3) is 5.02. The lowest BCUT2D eigenvalue weighted by atomic mass is 9.91. The summed E-state index contributed by atoms with van der Waals surface area (Å²) in [6, 6.07) is 6.93. The Hall–Kier alpha value is -1.26. The van der Waals surface area contributed by atoms with Crippen molar-refractivity contribution in [1.82, 2.24) is 5.32 Å². The van der Waals surface area contributed by atoms with Crippen LogP contribution >= 0.6 is 11.6 Å². The molecule has 4 nitrogen and oxygen atoms in total. The first kappa shape index (κ1) is 16.8. The quantitative estimate of drug-likeness (QED) is 0.895. The maximum Gasteiger partial charge on any atom is 0.407 e. The van der Waals surface area contributed by atoms with Crippen molar-refractivity contribution in [3.8, 4) is 0 Å². The Labute approximate surface area is 125 Å². The molecule has 0 radical (unpaired) electrons. The van der Waals surface area contributed by atoms with Crippen LogP contribution in [0.3, 0.4) is 0 Å². The Balaban J connectivity index is 2.71. The number of ether oxygens (including phenoxy) is 1. The smallest absolute Gasteiger partial charge is 0.407 e. The molecule has 0 heterocycles. The minimum absolute atomic E-state index is 0.0834. The minimum Gasteiger partial charge on any atom is -0.444 e. The van der Waals surface area contributed by atoms with Gasteiger partial charge in [0.05, 0.1) is 6.54 Å². The highest BCUT2D eigenvalue weighted by Crippen LogP contribution is 2.25. The molecule has 1 aromatic rings. The monoisotopic (exact) mass is 299 g/mol. The molecule has 0 saturated carbocycles. The normalized spacial score (nSPS) is 14.5. The molecule has 2 N–H and O–H groups in total. The molecule has 1 unspecified atom stereocenters. The second-order valence-electron chi connectivity index (χ2n) is 5.75. The van der Waals surface area contributed by atoms with Gasteiger partial charge in [0.2, 0.25) is 0 Å². The number of carbonyl (C=O) groups is 1. The SMILES string of the molecule is CCC(O)(CNC(=O)OC(C)(C)C)c1ccc(Cl)cc1. The van der Waals surface area contributed by atoms with E-state index in [9.17, 15) is 9.90 Å². The average Bonchev–Trinajstić information content (AvgIpc) is 2.35. The van der Waals surface area contributed by atoms with Gasteiger partial charge in [-0.05, 0) is 44.9 Å². The van der Waals surface area contributed by atoms with Crippen molar-refractivity contribution in [1.29, 1.82) is 0 Å². The van der Waals surface area contributed by atoms with Gasteiger partial charge in [-0.2, -0.15) is 0 Å². The zero-order chi connectivity index (χ0) is 15.4. The van der Waals surface area contributed by atoms with E-state index in [0.717, 1.165) is 0 Å². The summed E-state index contributed by atoms with van der Waals surface area (Å²) in [4.78, 5) is 11.6. The van der Waals surface area contributed by atoms with Crippen LogP contribution in [-0.2, 0) is 10.3 Å². The van der Waals surface area contributed by atoms with Gasteiger partial charge in [0.25, 0.3) is 0 Å². The predicted molar refractivity (Wildman–Crippen MR) is 79.9 cm³/mol. The third-order valence-electron chi connectivity index (χ3n) is 2.89. The van der Waals surface area contributed by atoms with Crippen molar-refractivity contribution in [3.05, 3.63) is 34.9 Å². The first-order valence-electron chi connectivity index (χ1n) is 6.61. The van der Waals surface area contributed by atoms with Crippen LogP contribution in [0.4, 0.5) is 4.79 Å². The molecule has 0 aliphatic carbocycles. The lowest BCUT2D eigenvalue weighted by Crippen LogP contribution is -2.42. The lowest BCUT2D eigenvalue weighted by Gasteiger charge is -2.28. The molecule has 0 aliphatic rings. The van der Waals surface area contributed by atoms with Crippen molar-refractivity contribution in [3.63, 3.8) is 0 Å². The highest BCUT2D eigenvalue weighted by Gasteiger charge is 2.28. The fourth-order valence-corrected chi connectivity index (χ4v) is 1.85. The maximum atomic E-state index is 11.6. The topological polar surface area (TPSA) is 58.6 Å². The van der Waals surface area contributed by atoms with E-state index in [1.165, 1.54) is 0 Å². The number of alkyl carbamates (subject to hydrolysis) is 1. The second kappa shape index (κ2) is 6.46. The summed E-state index contributed by atoms with van der Waals surface area (Å²) in [6.07, 6.45) is -0.0805. The maximum absolute atomic E-state index is 11.6. The standard InChI is InChI=1S/C15H22ClNO3/c1-5-15(19,11-6-8-12(16)9-7-11)10-17-13(18)20-14(2,3)4/h6-9,19H,5,10H2,1-4H3,(H,17,18). The van der Waals surface area contributed by atoms with Crippen LogP contribution < -0.4 is 5.32 Å². The summed E-state index contributed by atoms with van der Waals surface area (Å²) in [6.45, 7) is 7.30. The number of benzene rings is 1. The molecule has 0 aliphatic heterocycles. The molecule has 112 valence electrons. The molecule has 0 spiro atoms. The molecular weight excluding hydrogens is 278 g/mol. The molecule has 1 amide bonds. The fourth-order valence-electron chi connectivity index (χ4n) is 1.72. The van der Waals surface area contributed by atoms with Crippen LogP contribution in [0.15, 0.2) is 24.3 Å². The minimum atomic E-state index is -1.14. The number of aliphatic hydroxyl groups is 1. The van der Waals surface area contributed by atoms with E-state index < -0.39 is 17.3 Å². The fraction of sp³-hybridized carbons (Fsp3) is 0.533. The van der Waals surface area contributed by atoms with E-state index in [2.05, 4.69) is 5.32 Å². The van der Waals surface area contributed by atoms with E-state index in [4.69, 9.17) is 16.3 Å². The molecule has 1 aromatic carbocycles. The summed E-state index contributed by atoms with van der Waals surface area (Å²) in [5, 5.41) is 13.8. The van der Waals surface area contributed by atoms with E-state index >= 15 is 0 Å². The number of hydrogen-bond acceptors (Lipinski definition) is 3. The van der Waals surface area contributed by atoms with Crippen LogP contribution in [-0.4, -0.2) is 23.3 Å².